The third-order valence-corrected chi connectivity index (χ3v) is 3.57. The van der Waals surface area contributed by atoms with E-state index >= 15 is 0 Å². The van der Waals surface area contributed by atoms with Gasteiger partial charge in [-0.15, -0.1) is 11.8 Å². The normalized spacial score (nSPS) is 9.90. The minimum absolute atomic E-state index is 0.234. The Hall–Kier alpha value is -2.34. The fourth-order valence-electron chi connectivity index (χ4n) is 1.53. The second-order valence-corrected chi connectivity index (χ2v) is 5.30. The number of thioether (sulfide) groups is 1. The first-order chi connectivity index (χ1) is 10.3. The molecule has 1 heterocycles. The third-order valence-electron chi connectivity index (χ3n) is 2.55. The van der Waals surface area contributed by atoms with Crippen molar-refractivity contribution < 1.29 is 9.59 Å². The van der Waals surface area contributed by atoms with E-state index in [0.717, 1.165) is 4.90 Å². The molecule has 0 atom stereocenters. The zero-order valence-electron chi connectivity index (χ0n) is 11.3. The molecular weight excluding hydrogens is 286 g/mol. The van der Waals surface area contributed by atoms with Gasteiger partial charge in [0.15, 0.2) is 0 Å². The van der Waals surface area contributed by atoms with Gasteiger partial charge in [-0.1, -0.05) is 24.3 Å². The molecule has 2 amide bonds. The standard InChI is InChI=1S/C15H15N3O2S/c19-14(9-11-21-12-6-2-1-3-7-12)17-18-15(20)13-8-4-5-10-16-13/h1-8,10H,9,11H2,(H,17,19)(H,18,20). The highest BCUT2D eigenvalue weighted by atomic mass is 32.2. The first kappa shape index (κ1) is 15.1. The van der Waals surface area contributed by atoms with E-state index in [1.54, 1.807) is 30.0 Å². The van der Waals surface area contributed by atoms with E-state index in [1.165, 1.54) is 6.20 Å². The van der Waals surface area contributed by atoms with Crippen molar-refractivity contribution in [2.75, 3.05) is 5.75 Å². The number of rotatable bonds is 5. The highest BCUT2D eigenvalue weighted by Gasteiger charge is 2.07. The Labute approximate surface area is 127 Å². The summed E-state index contributed by atoms with van der Waals surface area (Å²) < 4.78 is 0. The summed E-state index contributed by atoms with van der Waals surface area (Å²) in [7, 11) is 0. The summed E-state index contributed by atoms with van der Waals surface area (Å²) in [4.78, 5) is 28.3. The van der Waals surface area contributed by atoms with Crippen molar-refractivity contribution in [1.82, 2.24) is 15.8 Å². The first-order valence-electron chi connectivity index (χ1n) is 6.44. The lowest BCUT2D eigenvalue weighted by molar-refractivity contribution is -0.121. The summed E-state index contributed by atoms with van der Waals surface area (Å²) in [6, 6.07) is 14.8. The van der Waals surface area contributed by atoms with E-state index in [1.807, 2.05) is 30.3 Å². The maximum atomic E-state index is 11.7. The Morgan fingerprint density at radius 2 is 1.76 bits per heavy atom. The van der Waals surface area contributed by atoms with Gasteiger partial charge in [-0.3, -0.25) is 25.4 Å². The quantitative estimate of drug-likeness (QED) is 0.655. The first-order valence-corrected chi connectivity index (χ1v) is 7.42. The second-order valence-electron chi connectivity index (χ2n) is 4.13. The van der Waals surface area contributed by atoms with Gasteiger partial charge in [0, 0.05) is 23.3 Å². The maximum absolute atomic E-state index is 11.7. The number of hydrogen-bond donors (Lipinski definition) is 2. The lowest BCUT2D eigenvalue weighted by Crippen LogP contribution is -2.42. The van der Waals surface area contributed by atoms with Crippen molar-refractivity contribution >= 4 is 23.6 Å². The van der Waals surface area contributed by atoms with E-state index in [9.17, 15) is 9.59 Å². The summed E-state index contributed by atoms with van der Waals surface area (Å²) in [5.74, 6) is -0.0163. The van der Waals surface area contributed by atoms with Crippen LogP contribution in [0, 0.1) is 0 Å². The molecule has 0 fully saturated rings. The average molecular weight is 301 g/mol. The van der Waals surface area contributed by atoms with Crippen LogP contribution < -0.4 is 10.9 Å². The van der Waals surface area contributed by atoms with Crippen LogP contribution in [-0.2, 0) is 4.79 Å². The number of aromatic nitrogens is 1. The maximum Gasteiger partial charge on any atom is 0.288 e. The molecule has 0 aliphatic carbocycles. The Bertz CT molecular complexity index is 590. The van der Waals surface area contributed by atoms with Crippen LogP contribution in [0.25, 0.3) is 0 Å². The van der Waals surface area contributed by atoms with Crippen LogP contribution in [0.2, 0.25) is 0 Å². The van der Waals surface area contributed by atoms with Crippen LogP contribution in [0.1, 0.15) is 16.9 Å². The molecule has 2 N–H and O–H groups in total. The summed E-state index contributed by atoms with van der Waals surface area (Å²) >= 11 is 1.59. The molecule has 1 aromatic heterocycles. The lowest BCUT2D eigenvalue weighted by Gasteiger charge is -2.06. The highest BCUT2D eigenvalue weighted by Crippen LogP contribution is 2.17. The Morgan fingerprint density at radius 3 is 2.48 bits per heavy atom. The molecule has 21 heavy (non-hydrogen) atoms. The van der Waals surface area contributed by atoms with Gasteiger partial charge in [-0.05, 0) is 24.3 Å². The third kappa shape index (κ3) is 5.27. The summed E-state index contributed by atoms with van der Waals surface area (Å²) in [6.45, 7) is 0. The Balaban J connectivity index is 1.67. The van der Waals surface area contributed by atoms with Gasteiger partial charge in [0.05, 0.1) is 0 Å². The monoisotopic (exact) mass is 301 g/mol. The number of nitrogens with one attached hydrogen (secondary N) is 2. The second kappa shape index (κ2) is 8.06. The van der Waals surface area contributed by atoms with Crippen LogP contribution >= 0.6 is 11.8 Å². The van der Waals surface area contributed by atoms with E-state index in [-0.39, 0.29) is 11.6 Å². The number of pyridine rings is 1. The summed E-state index contributed by atoms with van der Waals surface area (Å²) in [6.07, 6.45) is 1.84. The number of carbonyl (C=O) groups is 2. The lowest BCUT2D eigenvalue weighted by atomic mass is 10.3. The van der Waals surface area contributed by atoms with Gasteiger partial charge in [-0.25, -0.2) is 0 Å². The largest absolute Gasteiger partial charge is 0.288 e. The van der Waals surface area contributed by atoms with E-state index in [4.69, 9.17) is 0 Å². The van der Waals surface area contributed by atoms with Crippen LogP contribution in [0.15, 0.2) is 59.6 Å². The molecule has 2 rings (SSSR count). The van der Waals surface area contributed by atoms with Crippen molar-refractivity contribution in [3.63, 3.8) is 0 Å². The molecule has 0 aliphatic rings. The topological polar surface area (TPSA) is 71.1 Å². The van der Waals surface area contributed by atoms with Gasteiger partial charge in [0.2, 0.25) is 5.91 Å². The number of amides is 2. The van der Waals surface area contributed by atoms with Crippen molar-refractivity contribution in [1.29, 1.82) is 0 Å². The highest BCUT2D eigenvalue weighted by molar-refractivity contribution is 7.99. The van der Waals surface area contributed by atoms with Gasteiger partial charge < -0.3 is 0 Å². The zero-order chi connectivity index (χ0) is 14.9. The molecule has 0 unspecified atom stereocenters. The number of benzene rings is 1. The van der Waals surface area contributed by atoms with E-state index in [2.05, 4.69) is 15.8 Å². The molecule has 2 aromatic rings. The molecule has 0 radical (unpaired) electrons. The van der Waals surface area contributed by atoms with Crippen LogP contribution in [0.3, 0.4) is 0 Å². The fourth-order valence-corrected chi connectivity index (χ4v) is 2.40. The number of carbonyl (C=O) groups excluding carboxylic acids is 2. The smallest absolute Gasteiger partial charge is 0.273 e. The summed E-state index contributed by atoms with van der Waals surface area (Å²) in [5.41, 5.74) is 4.97. The van der Waals surface area contributed by atoms with E-state index in [0.29, 0.717) is 12.2 Å². The van der Waals surface area contributed by atoms with Crippen molar-refractivity contribution in [2.45, 2.75) is 11.3 Å². The molecule has 108 valence electrons. The van der Waals surface area contributed by atoms with Crippen LogP contribution in [0.4, 0.5) is 0 Å². The SMILES string of the molecule is O=C(CCSc1ccccc1)NNC(=O)c1ccccn1. The van der Waals surface area contributed by atoms with Crippen molar-refractivity contribution in [3.05, 3.63) is 60.4 Å². The molecule has 0 saturated carbocycles. The molecule has 0 saturated heterocycles. The molecule has 0 bridgehead atoms. The minimum Gasteiger partial charge on any atom is -0.273 e. The predicted octanol–water partition coefficient (Wildman–Crippen LogP) is 2.02. The Morgan fingerprint density at radius 1 is 1.00 bits per heavy atom. The van der Waals surface area contributed by atoms with Crippen molar-refractivity contribution in [2.24, 2.45) is 0 Å². The number of hydrogen-bond acceptors (Lipinski definition) is 4. The predicted molar refractivity (Wildman–Crippen MR) is 81.6 cm³/mol. The molecule has 6 heteroatoms. The van der Waals surface area contributed by atoms with Crippen molar-refractivity contribution in [3.8, 4) is 0 Å². The van der Waals surface area contributed by atoms with Gasteiger partial charge in [0.1, 0.15) is 5.69 Å². The van der Waals surface area contributed by atoms with E-state index < -0.39 is 5.91 Å². The molecule has 0 spiro atoms. The zero-order valence-corrected chi connectivity index (χ0v) is 12.1. The van der Waals surface area contributed by atoms with Crippen LogP contribution in [0.5, 0.6) is 0 Å². The fraction of sp³-hybridized carbons (Fsp3) is 0.133. The molecule has 1 aromatic carbocycles. The van der Waals surface area contributed by atoms with Gasteiger partial charge in [0.25, 0.3) is 5.91 Å². The number of nitrogens with zero attached hydrogens (tertiary/aromatic N) is 1. The minimum atomic E-state index is -0.431. The molecular formula is C15H15N3O2S. The average Bonchev–Trinajstić information content (AvgIpc) is 2.54. The van der Waals surface area contributed by atoms with Gasteiger partial charge >= 0.3 is 0 Å². The molecule has 0 aliphatic heterocycles. The molecule has 5 nitrogen and oxygen atoms in total. The number of hydrazine groups is 1. The van der Waals surface area contributed by atoms with Crippen LogP contribution in [-0.4, -0.2) is 22.6 Å². The van der Waals surface area contributed by atoms with Gasteiger partial charge in [-0.2, -0.15) is 0 Å². The summed E-state index contributed by atoms with van der Waals surface area (Å²) in [5, 5.41) is 0. The Kier molecular flexibility index (Phi) is 5.78.